The number of hydrogen-bond acceptors (Lipinski definition) is 3. The van der Waals surface area contributed by atoms with E-state index in [0.717, 1.165) is 35.9 Å². The van der Waals surface area contributed by atoms with Crippen LogP contribution in [0.25, 0.3) is 0 Å². The molecule has 0 fully saturated rings. The van der Waals surface area contributed by atoms with E-state index >= 15 is 0 Å². The van der Waals surface area contributed by atoms with E-state index in [2.05, 4.69) is 25.2 Å². The van der Waals surface area contributed by atoms with Crippen LogP contribution in [-0.4, -0.2) is 29.5 Å². The second-order valence-electron chi connectivity index (χ2n) is 5.00. The lowest BCUT2D eigenvalue weighted by Crippen LogP contribution is -2.45. The van der Waals surface area contributed by atoms with Gasteiger partial charge in [0.15, 0.2) is 0 Å². The van der Waals surface area contributed by atoms with Crippen molar-refractivity contribution >= 4 is 23.4 Å². The van der Waals surface area contributed by atoms with Gasteiger partial charge in [0.2, 0.25) is 0 Å². The number of nitrogens with one attached hydrogen (secondary N) is 1. The van der Waals surface area contributed by atoms with Crippen LogP contribution < -0.4 is 5.32 Å². The summed E-state index contributed by atoms with van der Waals surface area (Å²) in [5.74, 6) is 2.04. The molecule has 0 aliphatic carbocycles. The standard InChI is InChI=1S/C15H24ClNOS/c1-3-17-15(2,12-18)9-6-10-19-11-13-7-4-5-8-14(13)16/h4-5,7-8,17-18H,3,6,9-12H2,1-2H3. The zero-order valence-corrected chi connectivity index (χ0v) is 13.4. The number of benzene rings is 1. The van der Waals surface area contributed by atoms with Crippen molar-refractivity contribution in [3.63, 3.8) is 0 Å². The Labute approximate surface area is 125 Å². The summed E-state index contributed by atoms with van der Waals surface area (Å²) in [6.45, 7) is 5.23. The monoisotopic (exact) mass is 301 g/mol. The van der Waals surface area contributed by atoms with Crippen LogP contribution >= 0.6 is 23.4 Å². The van der Waals surface area contributed by atoms with E-state index < -0.39 is 0 Å². The Hall–Kier alpha value is -0.220. The molecule has 2 N–H and O–H groups in total. The van der Waals surface area contributed by atoms with Crippen molar-refractivity contribution in [1.29, 1.82) is 0 Å². The van der Waals surface area contributed by atoms with Crippen LogP contribution in [0.2, 0.25) is 5.02 Å². The van der Waals surface area contributed by atoms with Crippen LogP contribution in [0.4, 0.5) is 0 Å². The SMILES string of the molecule is CCNC(C)(CO)CCCSCc1ccccc1Cl. The van der Waals surface area contributed by atoms with Gasteiger partial charge in [0, 0.05) is 16.3 Å². The smallest absolute Gasteiger partial charge is 0.0610 e. The quantitative estimate of drug-likeness (QED) is 0.682. The molecule has 0 aliphatic heterocycles. The molecule has 1 unspecified atom stereocenters. The molecule has 1 atom stereocenters. The summed E-state index contributed by atoms with van der Waals surface area (Å²) in [5.41, 5.74) is 1.06. The second-order valence-corrected chi connectivity index (χ2v) is 6.51. The van der Waals surface area contributed by atoms with Gasteiger partial charge in [-0.1, -0.05) is 36.7 Å². The largest absolute Gasteiger partial charge is 0.394 e. The van der Waals surface area contributed by atoms with Crippen molar-refractivity contribution in [1.82, 2.24) is 5.32 Å². The molecule has 0 aliphatic rings. The third kappa shape index (κ3) is 6.17. The summed E-state index contributed by atoms with van der Waals surface area (Å²) >= 11 is 8.01. The van der Waals surface area contributed by atoms with Crippen LogP contribution in [0.1, 0.15) is 32.3 Å². The zero-order valence-electron chi connectivity index (χ0n) is 11.8. The highest BCUT2D eigenvalue weighted by Crippen LogP contribution is 2.22. The Morgan fingerprint density at radius 3 is 2.74 bits per heavy atom. The van der Waals surface area contributed by atoms with Crippen molar-refractivity contribution in [3.05, 3.63) is 34.9 Å². The maximum absolute atomic E-state index is 9.40. The van der Waals surface area contributed by atoms with E-state index in [9.17, 15) is 5.11 Å². The molecule has 0 saturated carbocycles. The van der Waals surface area contributed by atoms with Crippen LogP contribution in [0.3, 0.4) is 0 Å². The topological polar surface area (TPSA) is 32.3 Å². The molecule has 1 rings (SSSR count). The van der Waals surface area contributed by atoms with Gasteiger partial charge in [0.1, 0.15) is 0 Å². The fourth-order valence-corrected chi connectivity index (χ4v) is 3.26. The molecule has 1 aromatic carbocycles. The molecule has 0 heterocycles. The van der Waals surface area contributed by atoms with Gasteiger partial charge in [0.25, 0.3) is 0 Å². The van der Waals surface area contributed by atoms with Gasteiger partial charge in [-0.05, 0) is 43.7 Å². The molecule has 0 spiro atoms. The Balaban J connectivity index is 2.23. The summed E-state index contributed by atoms with van der Waals surface area (Å²) < 4.78 is 0. The Morgan fingerprint density at radius 2 is 2.11 bits per heavy atom. The van der Waals surface area contributed by atoms with Gasteiger partial charge >= 0.3 is 0 Å². The Morgan fingerprint density at radius 1 is 1.37 bits per heavy atom. The minimum Gasteiger partial charge on any atom is -0.394 e. The molecule has 0 aromatic heterocycles. The molecule has 1 aromatic rings. The molecule has 19 heavy (non-hydrogen) atoms. The van der Waals surface area contributed by atoms with E-state index in [1.54, 1.807) is 0 Å². The third-order valence-corrected chi connectivity index (χ3v) is 4.65. The maximum Gasteiger partial charge on any atom is 0.0610 e. The number of aliphatic hydroxyl groups excluding tert-OH is 1. The second kappa shape index (κ2) is 8.85. The first-order valence-corrected chi connectivity index (χ1v) is 8.31. The summed E-state index contributed by atoms with van der Waals surface area (Å²) in [5, 5.41) is 13.6. The van der Waals surface area contributed by atoms with Crippen molar-refractivity contribution in [2.75, 3.05) is 18.9 Å². The first-order valence-electron chi connectivity index (χ1n) is 6.78. The van der Waals surface area contributed by atoms with E-state index in [1.165, 1.54) is 5.56 Å². The number of thioether (sulfide) groups is 1. The number of hydrogen-bond donors (Lipinski definition) is 2. The van der Waals surface area contributed by atoms with Crippen LogP contribution in [0.5, 0.6) is 0 Å². The van der Waals surface area contributed by atoms with Crippen molar-refractivity contribution in [3.8, 4) is 0 Å². The molecule has 2 nitrogen and oxygen atoms in total. The minimum absolute atomic E-state index is 0.139. The Kier molecular flexibility index (Phi) is 7.84. The summed E-state index contributed by atoms with van der Waals surface area (Å²) in [6.07, 6.45) is 2.09. The van der Waals surface area contributed by atoms with E-state index in [4.69, 9.17) is 11.6 Å². The molecule has 0 radical (unpaired) electrons. The average molecular weight is 302 g/mol. The van der Waals surface area contributed by atoms with Gasteiger partial charge in [-0.2, -0.15) is 11.8 Å². The lowest BCUT2D eigenvalue weighted by Gasteiger charge is -2.28. The molecular weight excluding hydrogens is 278 g/mol. The first-order chi connectivity index (χ1) is 9.11. The average Bonchev–Trinajstić information content (AvgIpc) is 2.41. The summed E-state index contributed by atoms with van der Waals surface area (Å²) in [4.78, 5) is 0. The normalized spacial score (nSPS) is 14.3. The van der Waals surface area contributed by atoms with Crippen LogP contribution in [0.15, 0.2) is 24.3 Å². The highest BCUT2D eigenvalue weighted by molar-refractivity contribution is 7.98. The fourth-order valence-electron chi connectivity index (χ4n) is 2.01. The summed E-state index contributed by atoms with van der Waals surface area (Å²) in [6, 6.07) is 7.99. The maximum atomic E-state index is 9.40. The van der Waals surface area contributed by atoms with E-state index in [-0.39, 0.29) is 12.1 Å². The molecule has 108 valence electrons. The van der Waals surface area contributed by atoms with Crippen LogP contribution in [-0.2, 0) is 5.75 Å². The molecule has 0 bridgehead atoms. The van der Waals surface area contributed by atoms with Crippen molar-refractivity contribution in [2.24, 2.45) is 0 Å². The third-order valence-electron chi connectivity index (χ3n) is 3.19. The van der Waals surface area contributed by atoms with Gasteiger partial charge in [0.05, 0.1) is 6.61 Å². The van der Waals surface area contributed by atoms with E-state index in [0.29, 0.717) is 0 Å². The molecular formula is C15H24ClNOS. The number of halogens is 1. The number of rotatable bonds is 9. The number of aliphatic hydroxyl groups is 1. The minimum atomic E-state index is -0.139. The number of likely N-dealkylation sites (N-methyl/N-ethyl adjacent to an activating group) is 1. The van der Waals surface area contributed by atoms with Crippen molar-refractivity contribution < 1.29 is 5.11 Å². The van der Waals surface area contributed by atoms with Gasteiger partial charge < -0.3 is 10.4 Å². The van der Waals surface area contributed by atoms with Gasteiger partial charge in [-0.15, -0.1) is 0 Å². The molecule has 4 heteroatoms. The van der Waals surface area contributed by atoms with E-state index in [1.807, 2.05) is 30.0 Å². The lowest BCUT2D eigenvalue weighted by atomic mass is 9.97. The van der Waals surface area contributed by atoms with Gasteiger partial charge in [-0.3, -0.25) is 0 Å². The fraction of sp³-hybridized carbons (Fsp3) is 0.600. The van der Waals surface area contributed by atoms with Crippen molar-refractivity contribution in [2.45, 2.75) is 38.0 Å². The lowest BCUT2D eigenvalue weighted by molar-refractivity contribution is 0.167. The molecule has 0 amide bonds. The Bertz CT molecular complexity index is 375. The van der Waals surface area contributed by atoms with Gasteiger partial charge in [-0.25, -0.2) is 0 Å². The van der Waals surface area contributed by atoms with Crippen LogP contribution in [0, 0.1) is 0 Å². The highest BCUT2D eigenvalue weighted by atomic mass is 35.5. The summed E-state index contributed by atoms with van der Waals surface area (Å²) in [7, 11) is 0. The predicted octanol–water partition coefficient (Wildman–Crippen LogP) is 3.71. The molecule has 0 saturated heterocycles. The zero-order chi connectivity index (χ0) is 14.1. The first kappa shape index (κ1) is 16.8. The predicted molar refractivity (Wildman–Crippen MR) is 86.0 cm³/mol. The highest BCUT2D eigenvalue weighted by Gasteiger charge is 2.20.